The molecule has 3 fully saturated rings. The van der Waals surface area contributed by atoms with Gasteiger partial charge in [-0.2, -0.15) is 0 Å². The van der Waals surface area contributed by atoms with Crippen molar-refractivity contribution in [3.05, 3.63) is 23.3 Å². The number of hydrogen-bond donors (Lipinski definition) is 0. The molecule has 3 rings (SSSR count). The first-order valence-corrected chi connectivity index (χ1v) is 43.9. The Kier molecular flexibility index (Phi) is 24.4. The Bertz CT molecular complexity index is 1600. The fourth-order valence-electron chi connectivity index (χ4n) is 13.7. The Morgan fingerprint density at radius 2 is 1.06 bits per heavy atom. The van der Waals surface area contributed by atoms with E-state index in [1.165, 1.54) is 106 Å². The third-order valence-electron chi connectivity index (χ3n) is 21.3. The Labute approximate surface area is 449 Å². The average molecular weight is 1080 g/mol. The molecule has 0 heterocycles. The maximum Gasteiger partial charge on any atom is 0.192 e. The van der Waals surface area contributed by atoms with E-state index >= 15 is 0 Å². The molecule has 0 saturated heterocycles. The van der Waals surface area contributed by atoms with Crippen LogP contribution in [0.1, 0.15) is 222 Å². The van der Waals surface area contributed by atoms with E-state index in [0.717, 1.165) is 32.1 Å². The molecular weight excluding hydrogens is 953 g/mol. The summed E-state index contributed by atoms with van der Waals surface area (Å²) in [4.78, 5) is 0. The molecular formula is C61H124O5Si5. The normalized spacial score (nSPS) is 25.8. The van der Waals surface area contributed by atoms with Crippen LogP contribution in [0.2, 0.25) is 90.7 Å². The molecule has 0 N–H and O–H groups in total. The lowest BCUT2D eigenvalue weighted by molar-refractivity contribution is -0.0376. The van der Waals surface area contributed by atoms with Gasteiger partial charge in [0.2, 0.25) is 0 Å². The molecule has 0 aliphatic heterocycles. The van der Waals surface area contributed by atoms with Crippen molar-refractivity contribution in [3.63, 3.8) is 0 Å². The van der Waals surface area contributed by atoms with Gasteiger partial charge in [-0.1, -0.05) is 147 Å². The molecule has 0 spiro atoms. The van der Waals surface area contributed by atoms with Gasteiger partial charge in [-0.3, -0.25) is 0 Å². The fourth-order valence-corrected chi connectivity index (χ4v) is 25.8. The molecule has 4 unspecified atom stereocenters. The Hall–Kier alpha value is 0.364. The summed E-state index contributed by atoms with van der Waals surface area (Å²) >= 11 is 0. The maximum atomic E-state index is 7.72. The van der Waals surface area contributed by atoms with E-state index in [-0.39, 0.29) is 39.6 Å². The van der Waals surface area contributed by atoms with Gasteiger partial charge in [0.1, 0.15) is 0 Å². The standard InChI is InChI=1S/C61H124O5Si5/c1-25-69(26-2,27-3)64-56(60(18,19)66-71(31-7,32-8)33-9)43-40-51(36-34-44-59(16,17)65-70(28-4,29-5)30-6)55-42-41-54-50(37-35-45-61(54,55)20)39-38-49-46-52(62-67(21,22)57(10,11)12)48-53(47-49)63-68(23,24)58(13,14)15/h38-39,51-56H,25-37,40-48H2,1-24H3/b49-38-,50-39+/t51-,52?,53+,54?,55?,56?,61-/m0/s1. The zero-order valence-electron chi connectivity index (χ0n) is 52.2. The summed E-state index contributed by atoms with van der Waals surface area (Å²) in [5.41, 5.74) is 3.21. The molecule has 0 aromatic heterocycles. The minimum absolute atomic E-state index is 0.0811. The van der Waals surface area contributed by atoms with Gasteiger partial charge in [-0.15, -0.1) is 0 Å². The van der Waals surface area contributed by atoms with Crippen molar-refractivity contribution in [2.24, 2.45) is 23.2 Å². The molecule has 3 aliphatic carbocycles. The van der Waals surface area contributed by atoms with Crippen LogP contribution in [0.3, 0.4) is 0 Å². The highest BCUT2D eigenvalue weighted by Crippen LogP contribution is 2.61. The zero-order chi connectivity index (χ0) is 54.1. The van der Waals surface area contributed by atoms with Gasteiger partial charge in [-0.25, -0.2) is 0 Å². The molecule has 3 saturated carbocycles. The molecule has 0 amide bonds. The van der Waals surface area contributed by atoms with Crippen LogP contribution in [0.25, 0.3) is 0 Å². The summed E-state index contributed by atoms with van der Waals surface area (Å²) in [5, 5.41) is 0.368. The predicted molar refractivity (Wildman–Crippen MR) is 326 cm³/mol. The lowest BCUT2D eigenvalue weighted by atomic mass is 9.60. The molecule has 71 heavy (non-hydrogen) atoms. The van der Waals surface area contributed by atoms with Crippen LogP contribution in [0.15, 0.2) is 23.3 Å². The quantitative estimate of drug-likeness (QED) is 0.0699. The maximum absolute atomic E-state index is 7.72. The Morgan fingerprint density at radius 1 is 0.592 bits per heavy atom. The number of rotatable bonds is 29. The summed E-state index contributed by atoms with van der Waals surface area (Å²) in [7, 11) is -9.41. The Morgan fingerprint density at radius 3 is 1.51 bits per heavy atom. The largest absolute Gasteiger partial charge is 0.414 e. The van der Waals surface area contributed by atoms with Crippen molar-refractivity contribution in [1.82, 2.24) is 0 Å². The fraction of sp³-hybridized carbons (Fsp3) is 0.934. The van der Waals surface area contributed by atoms with Gasteiger partial charge in [0.05, 0.1) is 29.5 Å². The van der Waals surface area contributed by atoms with Crippen LogP contribution in [0, 0.1) is 23.2 Å². The molecule has 5 nitrogen and oxygen atoms in total. The highest BCUT2D eigenvalue weighted by molar-refractivity contribution is 6.75. The van der Waals surface area contributed by atoms with E-state index in [9.17, 15) is 0 Å². The van der Waals surface area contributed by atoms with Gasteiger partial charge in [0.15, 0.2) is 41.6 Å². The molecule has 418 valence electrons. The van der Waals surface area contributed by atoms with Gasteiger partial charge >= 0.3 is 0 Å². The van der Waals surface area contributed by atoms with Crippen molar-refractivity contribution in [1.29, 1.82) is 0 Å². The zero-order valence-corrected chi connectivity index (χ0v) is 57.2. The first kappa shape index (κ1) is 65.6. The van der Waals surface area contributed by atoms with Crippen molar-refractivity contribution in [2.75, 3.05) is 0 Å². The summed E-state index contributed by atoms with van der Waals surface area (Å²) in [6.07, 6.45) is 21.5. The van der Waals surface area contributed by atoms with Crippen molar-refractivity contribution >= 4 is 41.6 Å². The predicted octanol–water partition coefficient (Wildman–Crippen LogP) is 20.6. The molecule has 3 aliphatic rings. The average Bonchev–Trinajstić information content (AvgIpc) is 3.65. The van der Waals surface area contributed by atoms with Crippen LogP contribution in [0.4, 0.5) is 0 Å². The van der Waals surface area contributed by atoms with E-state index in [4.69, 9.17) is 22.1 Å². The SMILES string of the molecule is CC[Si](CC)(CC)OC(CC[C@H](CCCC(C)(C)O[Si](CC)(CC)CC)C1CCC2/C(=C/C=C3/CC(O[Si](C)(C)C(C)(C)C)C[C@H](O[Si](C)(C)C(C)(C)C)C3)CCC[C@@]21C)C(C)(C)O[Si](CC)(CC)CC. The summed E-state index contributed by atoms with van der Waals surface area (Å²) < 4.78 is 37.1. The molecule has 7 atom stereocenters. The van der Waals surface area contributed by atoms with Gasteiger partial charge in [-0.05, 0) is 212 Å². The molecule has 0 aromatic rings. The first-order valence-electron chi connectivity index (χ1n) is 30.5. The highest BCUT2D eigenvalue weighted by atomic mass is 28.4. The van der Waals surface area contributed by atoms with E-state index in [1.807, 2.05) is 0 Å². The first-order chi connectivity index (χ1) is 32.7. The third-order valence-corrected chi connectivity index (χ3v) is 44.7. The van der Waals surface area contributed by atoms with Crippen LogP contribution >= 0.6 is 0 Å². The van der Waals surface area contributed by atoms with E-state index in [0.29, 0.717) is 23.2 Å². The molecule has 0 bridgehead atoms. The van der Waals surface area contributed by atoms with Crippen molar-refractivity contribution in [3.8, 4) is 0 Å². The van der Waals surface area contributed by atoms with Gasteiger partial charge in [0.25, 0.3) is 0 Å². The number of fused-ring (bicyclic) bond motifs is 1. The van der Waals surface area contributed by atoms with Crippen LogP contribution in [-0.2, 0) is 22.1 Å². The van der Waals surface area contributed by atoms with Crippen LogP contribution in [-0.4, -0.2) is 71.1 Å². The lowest BCUT2D eigenvalue weighted by Crippen LogP contribution is -2.54. The second-order valence-corrected chi connectivity index (χ2v) is 52.1. The smallest absolute Gasteiger partial charge is 0.192 e. The van der Waals surface area contributed by atoms with Gasteiger partial charge < -0.3 is 22.1 Å². The van der Waals surface area contributed by atoms with Crippen molar-refractivity contribution in [2.45, 2.75) is 342 Å². The second kappa shape index (κ2) is 26.3. The minimum Gasteiger partial charge on any atom is -0.414 e. The van der Waals surface area contributed by atoms with Crippen molar-refractivity contribution < 1.29 is 22.1 Å². The van der Waals surface area contributed by atoms with Crippen LogP contribution in [0.5, 0.6) is 0 Å². The van der Waals surface area contributed by atoms with E-state index < -0.39 is 41.6 Å². The van der Waals surface area contributed by atoms with E-state index in [1.54, 1.807) is 11.1 Å². The third kappa shape index (κ3) is 16.9. The molecule has 10 heteroatoms. The summed E-state index contributed by atoms with van der Waals surface area (Å²) in [5.74, 6) is 2.04. The van der Waals surface area contributed by atoms with Crippen LogP contribution < -0.4 is 0 Å². The summed E-state index contributed by atoms with van der Waals surface area (Å²) in [6, 6.07) is 10.7. The lowest BCUT2D eigenvalue weighted by Gasteiger charge is -2.48. The Balaban J connectivity index is 2.07. The minimum atomic E-state index is -1.95. The van der Waals surface area contributed by atoms with E-state index in [2.05, 4.69) is 177 Å². The highest BCUT2D eigenvalue weighted by Gasteiger charge is 2.53. The monoisotopic (exact) mass is 1080 g/mol. The molecule has 0 radical (unpaired) electrons. The molecule has 0 aromatic carbocycles. The summed E-state index contributed by atoms with van der Waals surface area (Å²) in [6.45, 7) is 58.0. The second-order valence-electron chi connectivity index (χ2n) is 28.4. The number of hydrogen-bond acceptors (Lipinski definition) is 5. The van der Waals surface area contributed by atoms with Gasteiger partial charge in [0, 0.05) is 0 Å². The number of allylic oxidation sites excluding steroid dienone is 3. The topological polar surface area (TPSA) is 46.2 Å².